The third kappa shape index (κ3) is 10.2. The number of benzene rings is 3. The van der Waals surface area contributed by atoms with Gasteiger partial charge in [0.1, 0.15) is 17.8 Å². The topological polar surface area (TPSA) is 222 Å². The molecule has 0 amide bonds. The van der Waals surface area contributed by atoms with Gasteiger partial charge in [-0.1, -0.05) is 0 Å². The van der Waals surface area contributed by atoms with Gasteiger partial charge in [0.2, 0.25) is 0 Å². The predicted octanol–water partition coefficient (Wildman–Crippen LogP) is 3.86. The van der Waals surface area contributed by atoms with Crippen molar-refractivity contribution in [2.75, 3.05) is 93.6 Å². The zero-order valence-corrected chi connectivity index (χ0v) is 36.0. The van der Waals surface area contributed by atoms with Gasteiger partial charge in [0.25, 0.3) is 0 Å². The normalized spacial score (nSPS) is 16.6. The zero-order chi connectivity index (χ0) is 44.8. The lowest BCUT2D eigenvalue weighted by Crippen LogP contribution is -2.36. The summed E-state index contributed by atoms with van der Waals surface area (Å²) in [4.78, 5) is 40.1. The van der Waals surface area contributed by atoms with Crippen LogP contribution in [0.4, 0.5) is 22.7 Å². The molecule has 0 saturated carbocycles. The Hall–Kier alpha value is -6.18. The Labute approximate surface area is 364 Å². The van der Waals surface area contributed by atoms with Crippen LogP contribution in [0.15, 0.2) is 73.2 Å². The second-order valence-corrected chi connectivity index (χ2v) is 16.1. The van der Waals surface area contributed by atoms with E-state index in [1.807, 2.05) is 28.8 Å². The molecular formula is C45H57N9O9. The van der Waals surface area contributed by atoms with Gasteiger partial charge >= 0.3 is 17.6 Å². The lowest BCUT2D eigenvalue weighted by Gasteiger charge is -2.29. The first-order chi connectivity index (χ1) is 30.3. The molecule has 9 rings (SSSR count). The van der Waals surface area contributed by atoms with Gasteiger partial charge in [-0.3, -0.25) is 19.7 Å². The SMILES string of the molecule is Cn1cc(CC(N)C(=O)O)c2c([N+](=O)[O-])c(N3CCOCC3)ccc21.Cn1cc(CC(N)C(=O)O)c2cc(N3CCOCC3)ccc21.Cn1ccc2cc(N3CCOCC3)ccc21. The van der Waals surface area contributed by atoms with E-state index in [0.717, 1.165) is 74.8 Å². The van der Waals surface area contributed by atoms with Crippen LogP contribution in [0.1, 0.15) is 11.1 Å². The fourth-order valence-electron chi connectivity index (χ4n) is 8.53. The molecule has 3 aliphatic rings. The fourth-order valence-corrected chi connectivity index (χ4v) is 8.53. The van der Waals surface area contributed by atoms with E-state index in [1.165, 1.54) is 16.6 Å². The number of aryl methyl sites for hydroxylation is 3. The molecule has 3 saturated heterocycles. The molecule has 3 aromatic carbocycles. The Morgan fingerprint density at radius 1 is 0.651 bits per heavy atom. The van der Waals surface area contributed by atoms with E-state index < -0.39 is 28.9 Å². The van der Waals surface area contributed by atoms with Crippen molar-refractivity contribution in [1.29, 1.82) is 0 Å². The molecule has 336 valence electrons. The van der Waals surface area contributed by atoms with Crippen LogP contribution in [0.3, 0.4) is 0 Å². The maximum atomic E-state index is 11.9. The molecular weight excluding hydrogens is 811 g/mol. The largest absolute Gasteiger partial charge is 0.480 e. The molecule has 0 spiro atoms. The third-order valence-electron chi connectivity index (χ3n) is 11.9. The number of carboxylic acids is 2. The van der Waals surface area contributed by atoms with Crippen LogP contribution in [0.5, 0.6) is 0 Å². The second-order valence-electron chi connectivity index (χ2n) is 16.1. The molecule has 3 fully saturated rings. The average Bonchev–Trinajstić information content (AvgIpc) is 3.94. The van der Waals surface area contributed by atoms with E-state index in [-0.39, 0.29) is 12.1 Å². The van der Waals surface area contributed by atoms with E-state index in [9.17, 15) is 19.7 Å². The molecule has 0 aliphatic carbocycles. The molecule has 6 heterocycles. The van der Waals surface area contributed by atoms with E-state index in [1.54, 1.807) is 23.9 Å². The van der Waals surface area contributed by atoms with Gasteiger partial charge < -0.3 is 64.3 Å². The highest BCUT2D eigenvalue weighted by Gasteiger charge is 2.29. The molecule has 3 aliphatic heterocycles. The average molecular weight is 868 g/mol. The fraction of sp³-hybridized carbons (Fsp3) is 0.422. The van der Waals surface area contributed by atoms with E-state index in [0.29, 0.717) is 54.9 Å². The zero-order valence-electron chi connectivity index (χ0n) is 36.0. The summed E-state index contributed by atoms with van der Waals surface area (Å²) < 4.78 is 22.0. The quantitative estimate of drug-likeness (QED) is 0.114. The summed E-state index contributed by atoms with van der Waals surface area (Å²) in [5.41, 5.74) is 18.9. The number of nitro groups is 1. The monoisotopic (exact) mass is 867 g/mol. The number of aliphatic carboxylic acids is 2. The molecule has 0 bridgehead atoms. The number of carbonyl (C=O) groups is 2. The van der Waals surface area contributed by atoms with Crippen LogP contribution in [0.2, 0.25) is 0 Å². The number of hydrogen-bond donors (Lipinski definition) is 4. The molecule has 6 aromatic rings. The maximum absolute atomic E-state index is 11.9. The Morgan fingerprint density at radius 3 is 1.68 bits per heavy atom. The minimum absolute atomic E-state index is 0.00686. The van der Waals surface area contributed by atoms with E-state index in [4.69, 9.17) is 35.9 Å². The van der Waals surface area contributed by atoms with Gasteiger partial charge in [-0.15, -0.1) is 0 Å². The van der Waals surface area contributed by atoms with Crippen molar-refractivity contribution in [3.63, 3.8) is 0 Å². The number of nitrogens with zero attached hydrogens (tertiary/aromatic N) is 7. The number of anilines is 3. The molecule has 18 nitrogen and oxygen atoms in total. The number of nitrogens with two attached hydrogens (primary N) is 2. The number of rotatable bonds is 10. The molecule has 3 aromatic heterocycles. The smallest absolute Gasteiger partial charge is 0.320 e. The van der Waals surface area contributed by atoms with Crippen molar-refractivity contribution in [3.05, 3.63) is 94.4 Å². The summed E-state index contributed by atoms with van der Waals surface area (Å²) >= 11 is 0. The number of morpholine rings is 3. The Bertz CT molecular complexity index is 2570. The minimum atomic E-state index is -1.14. The standard InChI is InChI=1S/C16H20N4O5.C16H21N3O3.C13H16N2O/c1-18-9-10(8-11(17)16(21)22)14-12(18)2-3-13(15(14)20(23)24)19-4-6-25-7-5-19;1-18-10-11(8-14(17)16(20)21)13-9-12(2-3-15(13)18)19-4-6-22-7-5-19;1-14-5-4-11-10-12(2-3-13(11)14)15-6-8-16-9-7-15/h2-3,9,11H,4-8,17H2,1H3,(H,21,22);2-3,9-10,14H,4-8,17H2,1H3,(H,20,21);2-5,10H,6-9H2,1H3. The van der Waals surface area contributed by atoms with Gasteiger partial charge in [-0.25, -0.2) is 0 Å². The molecule has 0 radical (unpaired) electrons. The van der Waals surface area contributed by atoms with Gasteiger partial charge in [0.15, 0.2) is 0 Å². The number of ether oxygens (including phenoxy) is 3. The molecule has 2 atom stereocenters. The highest BCUT2D eigenvalue weighted by Crippen LogP contribution is 2.39. The van der Waals surface area contributed by atoms with E-state index >= 15 is 0 Å². The number of nitro benzene ring substituents is 1. The number of carboxylic acid groups (broad SMARTS) is 2. The minimum Gasteiger partial charge on any atom is -0.480 e. The lowest BCUT2D eigenvalue weighted by atomic mass is 10.0. The van der Waals surface area contributed by atoms with Crippen molar-refractivity contribution in [2.45, 2.75) is 24.9 Å². The third-order valence-corrected chi connectivity index (χ3v) is 11.9. The van der Waals surface area contributed by atoms with Gasteiger partial charge in [-0.2, -0.15) is 0 Å². The Balaban J connectivity index is 0.000000145. The Morgan fingerprint density at radius 2 is 1.13 bits per heavy atom. The summed E-state index contributed by atoms with van der Waals surface area (Å²) in [6, 6.07) is 16.7. The van der Waals surface area contributed by atoms with Crippen molar-refractivity contribution in [3.8, 4) is 0 Å². The van der Waals surface area contributed by atoms with Gasteiger partial charge in [0, 0.05) is 125 Å². The van der Waals surface area contributed by atoms with E-state index in [2.05, 4.69) is 70.1 Å². The highest BCUT2D eigenvalue weighted by molar-refractivity contribution is 5.98. The molecule has 6 N–H and O–H groups in total. The predicted molar refractivity (Wildman–Crippen MR) is 243 cm³/mol. The van der Waals surface area contributed by atoms with Crippen molar-refractivity contribution in [1.82, 2.24) is 13.7 Å². The van der Waals surface area contributed by atoms with Crippen molar-refractivity contribution in [2.24, 2.45) is 32.6 Å². The maximum Gasteiger partial charge on any atom is 0.320 e. The summed E-state index contributed by atoms with van der Waals surface area (Å²) in [5, 5.41) is 32.8. The van der Waals surface area contributed by atoms with Crippen LogP contribution in [0.25, 0.3) is 32.7 Å². The van der Waals surface area contributed by atoms with Gasteiger partial charge in [0.05, 0.1) is 55.5 Å². The Kier molecular flexibility index (Phi) is 14.2. The summed E-state index contributed by atoms with van der Waals surface area (Å²) in [6.45, 7) is 9.09. The molecule has 2 unspecified atom stereocenters. The first kappa shape index (κ1) is 44.9. The highest BCUT2D eigenvalue weighted by atomic mass is 16.6. The summed E-state index contributed by atoms with van der Waals surface area (Å²) in [7, 11) is 5.82. The number of fused-ring (bicyclic) bond motifs is 3. The summed E-state index contributed by atoms with van der Waals surface area (Å²) in [6.07, 6.45) is 6.15. The van der Waals surface area contributed by atoms with Gasteiger partial charge in [-0.05, 0) is 65.7 Å². The molecule has 18 heteroatoms. The van der Waals surface area contributed by atoms with Crippen molar-refractivity contribution < 1.29 is 38.9 Å². The van der Waals surface area contributed by atoms with Crippen LogP contribution < -0.4 is 26.2 Å². The molecule has 63 heavy (non-hydrogen) atoms. The number of aromatic nitrogens is 3. The van der Waals surface area contributed by atoms with Crippen LogP contribution in [0, 0.1) is 10.1 Å². The number of hydrogen-bond acceptors (Lipinski definition) is 12. The second kappa shape index (κ2) is 19.9. The van der Waals surface area contributed by atoms with Crippen LogP contribution in [-0.4, -0.2) is 132 Å². The first-order valence-electron chi connectivity index (χ1n) is 21.1. The van der Waals surface area contributed by atoms with Crippen LogP contribution in [-0.2, 0) is 57.8 Å². The van der Waals surface area contributed by atoms with Crippen LogP contribution >= 0.6 is 0 Å². The first-order valence-corrected chi connectivity index (χ1v) is 21.1. The summed E-state index contributed by atoms with van der Waals surface area (Å²) in [5.74, 6) is -2.11. The lowest BCUT2D eigenvalue weighted by molar-refractivity contribution is -0.382. The van der Waals surface area contributed by atoms with Crippen molar-refractivity contribution >= 4 is 67.4 Å².